The van der Waals surface area contributed by atoms with E-state index >= 15 is 0 Å². The zero-order valence-corrected chi connectivity index (χ0v) is 11.2. The first kappa shape index (κ1) is 12.3. The lowest BCUT2D eigenvalue weighted by molar-refractivity contribution is 0.862. The maximum atomic E-state index is 4.27. The van der Waals surface area contributed by atoms with Gasteiger partial charge in [0, 0.05) is 31.3 Å². The highest BCUT2D eigenvalue weighted by Crippen LogP contribution is 2.14. The normalized spacial score (nSPS) is 10.4. The molecule has 0 aliphatic rings. The quantitative estimate of drug-likeness (QED) is 0.787. The van der Waals surface area contributed by atoms with Gasteiger partial charge in [0.15, 0.2) is 0 Å². The summed E-state index contributed by atoms with van der Waals surface area (Å²) in [5.74, 6) is 0.630. The summed E-state index contributed by atoms with van der Waals surface area (Å²) in [7, 11) is 0. The number of rotatable bonds is 4. The number of aryl methyl sites for hydroxylation is 1. The predicted molar refractivity (Wildman–Crippen MR) is 77.7 cm³/mol. The van der Waals surface area contributed by atoms with Crippen LogP contribution < -0.4 is 5.32 Å². The molecule has 0 aliphatic carbocycles. The Hall–Kier alpha value is -2.69. The van der Waals surface area contributed by atoms with Crippen LogP contribution in [0.15, 0.2) is 55.1 Å². The van der Waals surface area contributed by atoms with Crippen molar-refractivity contribution >= 4 is 5.95 Å². The van der Waals surface area contributed by atoms with Crippen molar-refractivity contribution in [3.05, 3.63) is 66.2 Å². The maximum absolute atomic E-state index is 4.27. The highest BCUT2D eigenvalue weighted by atomic mass is 15.3. The second kappa shape index (κ2) is 5.52. The highest BCUT2D eigenvalue weighted by molar-refractivity contribution is 5.42. The van der Waals surface area contributed by atoms with Crippen molar-refractivity contribution < 1.29 is 0 Å². The minimum atomic E-state index is 0.630. The van der Waals surface area contributed by atoms with Crippen LogP contribution in [0.25, 0.3) is 5.69 Å². The van der Waals surface area contributed by atoms with Crippen LogP contribution in [0.4, 0.5) is 5.95 Å². The van der Waals surface area contributed by atoms with E-state index in [2.05, 4.69) is 26.4 Å². The first-order valence-corrected chi connectivity index (χ1v) is 6.43. The van der Waals surface area contributed by atoms with Crippen LogP contribution in [-0.4, -0.2) is 19.7 Å². The third-order valence-electron chi connectivity index (χ3n) is 2.96. The van der Waals surface area contributed by atoms with Gasteiger partial charge in [0.25, 0.3) is 0 Å². The van der Waals surface area contributed by atoms with Gasteiger partial charge in [-0.25, -0.2) is 14.6 Å². The minimum absolute atomic E-state index is 0.630. The van der Waals surface area contributed by atoms with E-state index < -0.39 is 0 Å². The van der Waals surface area contributed by atoms with Crippen molar-refractivity contribution in [3.63, 3.8) is 0 Å². The average Bonchev–Trinajstić information content (AvgIpc) is 3.01. The number of benzene rings is 1. The van der Waals surface area contributed by atoms with E-state index in [1.807, 2.05) is 42.1 Å². The summed E-state index contributed by atoms with van der Waals surface area (Å²) in [4.78, 5) is 8.48. The number of nitrogens with zero attached hydrogens (tertiary/aromatic N) is 4. The highest BCUT2D eigenvalue weighted by Gasteiger charge is 2.04. The fraction of sp³-hybridized carbons (Fsp3) is 0.133. The van der Waals surface area contributed by atoms with Gasteiger partial charge in [0.1, 0.15) is 0 Å². The molecule has 0 atom stereocenters. The van der Waals surface area contributed by atoms with Crippen LogP contribution in [0.2, 0.25) is 0 Å². The Bertz CT molecular complexity index is 674. The molecule has 0 radical (unpaired) electrons. The van der Waals surface area contributed by atoms with E-state index in [4.69, 9.17) is 0 Å². The molecule has 0 aliphatic heterocycles. The summed E-state index contributed by atoms with van der Waals surface area (Å²) in [6.45, 7) is 2.62. The summed E-state index contributed by atoms with van der Waals surface area (Å²) in [5.41, 5.74) is 3.24. The van der Waals surface area contributed by atoms with Crippen LogP contribution in [-0.2, 0) is 6.54 Å². The summed E-state index contributed by atoms with van der Waals surface area (Å²) in [5, 5.41) is 7.50. The molecule has 0 bridgehead atoms. The first-order chi connectivity index (χ1) is 9.83. The van der Waals surface area contributed by atoms with Crippen molar-refractivity contribution in [2.75, 3.05) is 5.32 Å². The molecule has 1 N–H and O–H groups in total. The van der Waals surface area contributed by atoms with Crippen LogP contribution >= 0.6 is 0 Å². The second-order valence-corrected chi connectivity index (χ2v) is 4.52. The smallest absolute Gasteiger partial charge is 0.222 e. The zero-order chi connectivity index (χ0) is 13.8. The Morgan fingerprint density at radius 1 is 1.10 bits per heavy atom. The van der Waals surface area contributed by atoms with Crippen LogP contribution in [0.1, 0.15) is 11.1 Å². The standard InChI is InChI=1S/C15H15N5/c1-12-9-16-15(17-10-12)18-11-13-5-2-3-6-14(13)20-8-4-7-19-20/h2-10H,11H2,1H3,(H,16,17,18). The molecule has 0 spiro atoms. The van der Waals surface area contributed by atoms with Gasteiger partial charge in [-0.05, 0) is 30.2 Å². The lowest BCUT2D eigenvalue weighted by atomic mass is 10.2. The van der Waals surface area contributed by atoms with Gasteiger partial charge < -0.3 is 5.32 Å². The topological polar surface area (TPSA) is 55.6 Å². The molecule has 0 saturated heterocycles. The molecule has 0 saturated carbocycles. The van der Waals surface area contributed by atoms with E-state index in [0.717, 1.165) is 16.8 Å². The first-order valence-electron chi connectivity index (χ1n) is 6.43. The third-order valence-corrected chi connectivity index (χ3v) is 2.96. The summed E-state index contributed by atoms with van der Waals surface area (Å²) >= 11 is 0. The van der Waals surface area contributed by atoms with E-state index in [9.17, 15) is 0 Å². The molecule has 0 fully saturated rings. The Labute approximate surface area is 117 Å². The summed E-state index contributed by atoms with van der Waals surface area (Å²) < 4.78 is 1.85. The number of anilines is 1. The van der Waals surface area contributed by atoms with Gasteiger partial charge in [-0.3, -0.25) is 0 Å². The van der Waals surface area contributed by atoms with Gasteiger partial charge in [0.2, 0.25) is 5.95 Å². The SMILES string of the molecule is Cc1cnc(NCc2ccccc2-n2cccn2)nc1. The maximum Gasteiger partial charge on any atom is 0.222 e. The Morgan fingerprint density at radius 2 is 1.90 bits per heavy atom. The number of aromatic nitrogens is 4. The molecule has 0 amide bonds. The van der Waals surface area contributed by atoms with Crippen molar-refractivity contribution in [2.45, 2.75) is 13.5 Å². The van der Waals surface area contributed by atoms with Crippen LogP contribution in [0.3, 0.4) is 0 Å². The molecule has 100 valence electrons. The van der Waals surface area contributed by atoms with Crippen molar-refractivity contribution in [3.8, 4) is 5.69 Å². The third kappa shape index (κ3) is 2.66. The second-order valence-electron chi connectivity index (χ2n) is 4.52. The van der Waals surface area contributed by atoms with Crippen molar-refractivity contribution in [1.82, 2.24) is 19.7 Å². The fourth-order valence-electron chi connectivity index (χ4n) is 1.95. The van der Waals surface area contributed by atoms with Gasteiger partial charge >= 0.3 is 0 Å². The minimum Gasteiger partial charge on any atom is -0.350 e. The molecule has 1 aromatic carbocycles. The molecule has 5 nitrogen and oxygen atoms in total. The molecular weight excluding hydrogens is 250 g/mol. The van der Waals surface area contributed by atoms with Crippen molar-refractivity contribution in [1.29, 1.82) is 0 Å². The average molecular weight is 265 g/mol. The monoisotopic (exact) mass is 265 g/mol. The van der Waals surface area contributed by atoms with E-state index in [1.54, 1.807) is 18.6 Å². The fourth-order valence-corrected chi connectivity index (χ4v) is 1.95. The molecule has 3 rings (SSSR count). The van der Waals surface area contributed by atoms with E-state index in [0.29, 0.717) is 12.5 Å². The zero-order valence-electron chi connectivity index (χ0n) is 11.2. The lowest BCUT2D eigenvalue weighted by Gasteiger charge is -2.10. The predicted octanol–water partition coefficient (Wildman–Crippen LogP) is 2.58. The molecule has 20 heavy (non-hydrogen) atoms. The van der Waals surface area contributed by atoms with Gasteiger partial charge in [-0.2, -0.15) is 5.10 Å². The molecule has 2 aromatic heterocycles. The Kier molecular flexibility index (Phi) is 3.41. The van der Waals surface area contributed by atoms with Crippen LogP contribution in [0.5, 0.6) is 0 Å². The van der Waals surface area contributed by atoms with Gasteiger partial charge in [0.05, 0.1) is 5.69 Å². The molecular formula is C15H15N5. The molecule has 2 heterocycles. The Balaban J connectivity index is 1.79. The van der Waals surface area contributed by atoms with Crippen molar-refractivity contribution in [2.24, 2.45) is 0 Å². The van der Waals surface area contributed by atoms with E-state index in [1.165, 1.54) is 0 Å². The van der Waals surface area contributed by atoms with Gasteiger partial charge in [-0.1, -0.05) is 18.2 Å². The summed E-state index contributed by atoms with van der Waals surface area (Å²) in [6.07, 6.45) is 7.30. The largest absolute Gasteiger partial charge is 0.350 e. The molecule has 3 aromatic rings. The number of para-hydroxylation sites is 1. The van der Waals surface area contributed by atoms with E-state index in [-0.39, 0.29) is 0 Å². The molecule has 0 unspecified atom stereocenters. The number of nitrogens with one attached hydrogen (secondary N) is 1. The summed E-state index contributed by atoms with van der Waals surface area (Å²) in [6, 6.07) is 10.0. The molecule has 5 heteroatoms. The number of hydrogen-bond acceptors (Lipinski definition) is 4. The number of hydrogen-bond donors (Lipinski definition) is 1. The Morgan fingerprint density at radius 3 is 2.65 bits per heavy atom. The van der Waals surface area contributed by atoms with Gasteiger partial charge in [-0.15, -0.1) is 0 Å². The lowest BCUT2D eigenvalue weighted by Crippen LogP contribution is -2.07. The van der Waals surface area contributed by atoms with Crippen LogP contribution in [0, 0.1) is 6.92 Å².